The van der Waals surface area contributed by atoms with E-state index in [-0.39, 0.29) is 78.0 Å². The summed E-state index contributed by atoms with van der Waals surface area (Å²) in [7, 11) is 0. The Hall–Kier alpha value is -3.78. The minimum atomic E-state index is -1.25. The Kier molecular flexibility index (Phi) is 18.8. The first-order chi connectivity index (χ1) is 23.8. The molecule has 2 heterocycles. The van der Waals surface area contributed by atoms with E-state index in [0.29, 0.717) is 24.2 Å². The molecule has 0 saturated heterocycles. The fourth-order valence-corrected chi connectivity index (χ4v) is 5.71. The summed E-state index contributed by atoms with van der Waals surface area (Å²) >= 11 is 0. The van der Waals surface area contributed by atoms with Crippen molar-refractivity contribution in [2.24, 2.45) is 0 Å². The first-order valence-electron chi connectivity index (χ1n) is 16.8. The van der Waals surface area contributed by atoms with Gasteiger partial charge in [-0.2, -0.15) is 0 Å². The highest BCUT2D eigenvalue weighted by atomic mass is 16.4. The van der Waals surface area contributed by atoms with E-state index >= 15 is 0 Å². The molecular weight excluding hydrogens is 660 g/mol. The monoisotopic (exact) mass is 712 g/mol. The second kappa shape index (κ2) is 22.1. The number of aromatic nitrogens is 1. The minimum absolute atomic E-state index is 0.000469. The van der Waals surface area contributed by atoms with E-state index in [0.717, 1.165) is 0 Å². The molecule has 18 nitrogen and oxygen atoms in total. The van der Waals surface area contributed by atoms with Crippen LogP contribution in [-0.2, 0) is 37.1 Å². The third kappa shape index (κ3) is 14.6. The Morgan fingerprint density at radius 2 is 1.06 bits per heavy atom. The lowest BCUT2D eigenvalue weighted by molar-refractivity contribution is -0.147. The second-order valence-corrected chi connectivity index (χ2v) is 12.3. The predicted molar refractivity (Wildman–Crippen MR) is 176 cm³/mol. The molecule has 1 aliphatic heterocycles. The van der Waals surface area contributed by atoms with E-state index in [1.165, 1.54) is 0 Å². The molecule has 2 bridgehead atoms. The van der Waals surface area contributed by atoms with Crippen molar-refractivity contribution in [3.63, 3.8) is 0 Å². The summed E-state index contributed by atoms with van der Waals surface area (Å²) in [5, 5.41) is 72.6. The van der Waals surface area contributed by atoms with Crippen LogP contribution >= 0.6 is 0 Å². The molecule has 0 saturated carbocycles. The first-order valence-corrected chi connectivity index (χ1v) is 16.8. The second-order valence-electron chi connectivity index (χ2n) is 12.3. The number of carbonyl (C=O) groups is 5. The van der Waals surface area contributed by atoms with Crippen molar-refractivity contribution in [3.05, 3.63) is 29.6 Å². The van der Waals surface area contributed by atoms with Gasteiger partial charge in [-0.15, -0.1) is 0 Å². The average molecular weight is 713 g/mol. The molecule has 5 atom stereocenters. The average Bonchev–Trinajstić information content (AvgIpc) is 3.07. The maximum atomic E-state index is 12.6. The van der Waals surface area contributed by atoms with Gasteiger partial charge in [0.15, 0.2) is 0 Å². The number of carbonyl (C=O) groups excluding carboxylic acids is 2. The van der Waals surface area contributed by atoms with Gasteiger partial charge in [0.05, 0.1) is 36.8 Å². The Morgan fingerprint density at radius 3 is 1.44 bits per heavy atom. The van der Waals surface area contributed by atoms with E-state index in [1.807, 2.05) is 6.92 Å². The maximum absolute atomic E-state index is 12.6. The number of aliphatic carboxylic acids is 3. The summed E-state index contributed by atoms with van der Waals surface area (Å²) in [6.07, 6.45) is -2.19. The number of rotatable bonds is 20. The topological polar surface area (TPSA) is 274 Å². The smallest absolute Gasteiger partial charge is 0.320 e. The number of carboxylic acids is 3. The van der Waals surface area contributed by atoms with Gasteiger partial charge < -0.3 is 46.4 Å². The van der Waals surface area contributed by atoms with Crippen molar-refractivity contribution in [1.29, 1.82) is 0 Å². The first kappa shape index (κ1) is 42.4. The van der Waals surface area contributed by atoms with E-state index in [2.05, 4.69) is 15.6 Å². The number of nitrogens with one attached hydrogen (secondary N) is 2. The van der Waals surface area contributed by atoms with Gasteiger partial charge in [-0.25, -0.2) is 0 Å². The molecule has 0 spiro atoms. The van der Waals surface area contributed by atoms with Crippen LogP contribution in [0.15, 0.2) is 18.2 Å². The summed E-state index contributed by atoms with van der Waals surface area (Å²) in [4.78, 5) is 72.0. The molecule has 1 aromatic rings. The molecule has 1 aromatic heterocycles. The Morgan fingerprint density at radius 1 is 0.680 bits per heavy atom. The molecule has 0 fully saturated rings. The fourth-order valence-electron chi connectivity index (χ4n) is 5.71. The number of amides is 2. The molecule has 2 rings (SSSR count). The fraction of sp³-hybridized carbons (Fsp3) is 0.688. The molecule has 50 heavy (non-hydrogen) atoms. The van der Waals surface area contributed by atoms with Crippen LogP contribution in [0, 0.1) is 0 Å². The Balaban J connectivity index is 2.45. The molecule has 0 aliphatic carbocycles. The summed E-state index contributed by atoms with van der Waals surface area (Å²) in [6.45, 7) is 0.596. The van der Waals surface area contributed by atoms with Crippen molar-refractivity contribution >= 4 is 29.7 Å². The standard InChI is InChI=1S/C32H52N6O12/c1-2-4-25(30(45)46)37-13-11-36(26(31(47)48)7-9-28(43)33-15-23(41)19-39)12-14-38(18-22-6-3-5-21(17-37)35-22)27(32(49)50)8-10-29(44)34-16-24(42)20-40/h3,5-6,23-27,39-42H,2,4,7-20H2,1H3,(H,33,43)(H,34,44)(H,45,46)(H,47,48)(H,49,50). The van der Waals surface area contributed by atoms with Gasteiger partial charge in [-0.3, -0.25) is 43.7 Å². The molecule has 0 aromatic carbocycles. The number of hydrogen-bond acceptors (Lipinski definition) is 13. The number of hydrogen-bond donors (Lipinski definition) is 9. The minimum Gasteiger partial charge on any atom is -0.480 e. The highest BCUT2D eigenvalue weighted by Crippen LogP contribution is 2.19. The number of aliphatic hydroxyl groups excluding tert-OH is 4. The Labute approximate surface area is 290 Å². The van der Waals surface area contributed by atoms with Gasteiger partial charge in [0.1, 0.15) is 18.1 Å². The molecule has 1 aliphatic rings. The number of carboxylic acid groups (broad SMARTS) is 3. The molecule has 5 unspecified atom stereocenters. The summed E-state index contributed by atoms with van der Waals surface area (Å²) < 4.78 is 0. The largest absolute Gasteiger partial charge is 0.480 e. The lowest BCUT2D eigenvalue weighted by atomic mass is 10.1. The van der Waals surface area contributed by atoms with E-state index in [9.17, 15) is 49.5 Å². The van der Waals surface area contributed by atoms with Crippen molar-refractivity contribution in [1.82, 2.24) is 30.3 Å². The lowest BCUT2D eigenvalue weighted by Gasteiger charge is -2.37. The van der Waals surface area contributed by atoms with Crippen LogP contribution in [0.2, 0.25) is 0 Å². The van der Waals surface area contributed by atoms with Crippen LogP contribution in [0.5, 0.6) is 0 Å². The van der Waals surface area contributed by atoms with Gasteiger partial charge in [-0.1, -0.05) is 19.4 Å². The number of aliphatic hydroxyl groups is 4. The van der Waals surface area contributed by atoms with Gasteiger partial charge in [0.25, 0.3) is 0 Å². The van der Waals surface area contributed by atoms with Crippen molar-refractivity contribution < 1.29 is 59.7 Å². The summed E-state index contributed by atoms with van der Waals surface area (Å²) in [5.41, 5.74) is 1.01. The van der Waals surface area contributed by atoms with Crippen LogP contribution < -0.4 is 10.6 Å². The van der Waals surface area contributed by atoms with Crippen LogP contribution in [0.3, 0.4) is 0 Å². The molecule has 282 valence electrons. The highest BCUT2D eigenvalue weighted by Gasteiger charge is 2.33. The lowest BCUT2D eigenvalue weighted by Crippen LogP contribution is -2.52. The van der Waals surface area contributed by atoms with Gasteiger partial charge in [0.2, 0.25) is 11.8 Å². The van der Waals surface area contributed by atoms with Gasteiger partial charge in [-0.05, 0) is 31.4 Å². The van der Waals surface area contributed by atoms with Crippen LogP contribution in [0.25, 0.3) is 0 Å². The van der Waals surface area contributed by atoms with E-state index in [1.54, 1.807) is 32.9 Å². The zero-order valence-corrected chi connectivity index (χ0v) is 28.4. The third-order valence-electron chi connectivity index (χ3n) is 8.46. The number of fused-ring (bicyclic) bond motifs is 2. The summed E-state index contributed by atoms with van der Waals surface area (Å²) in [6, 6.07) is 1.83. The van der Waals surface area contributed by atoms with Gasteiger partial charge in [0, 0.05) is 65.2 Å². The SMILES string of the molecule is CCCC(C(=O)O)N1CCN(C(CCC(=O)NCC(O)CO)C(=O)O)CCN(C(CCC(=O)NCC(O)CO)C(=O)O)Cc2cccc(n2)C1. The van der Waals surface area contributed by atoms with Crippen LogP contribution in [0.4, 0.5) is 0 Å². The van der Waals surface area contributed by atoms with Crippen molar-refractivity contribution in [2.75, 3.05) is 52.5 Å². The van der Waals surface area contributed by atoms with Gasteiger partial charge >= 0.3 is 17.9 Å². The molecule has 0 radical (unpaired) electrons. The quantitative estimate of drug-likeness (QED) is 0.0685. The molecule has 9 N–H and O–H groups in total. The maximum Gasteiger partial charge on any atom is 0.320 e. The zero-order valence-electron chi connectivity index (χ0n) is 28.4. The number of nitrogens with zero attached hydrogens (tertiary/aromatic N) is 4. The summed E-state index contributed by atoms with van der Waals surface area (Å²) in [5.74, 6) is -4.59. The Bertz CT molecular complexity index is 1260. The van der Waals surface area contributed by atoms with Crippen LogP contribution in [-0.4, -0.2) is 168 Å². The molecular formula is C32H52N6O12. The van der Waals surface area contributed by atoms with Crippen LogP contribution in [0.1, 0.15) is 56.8 Å². The van der Waals surface area contributed by atoms with Crippen molar-refractivity contribution in [3.8, 4) is 0 Å². The predicted octanol–water partition coefficient (Wildman–Crippen LogP) is -2.34. The zero-order chi connectivity index (χ0) is 37.2. The molecule has 18 heteroatoms. The third-order valence-corrected chi connectivity index (χ3v) is 8.46. The van der Waals surface area contributed by atoms with E-state index in [4.69, 9.17) is 10.2 Å². The highest BCUT2D eigenvalue weighted by molar-refractivity contribution is 5.79. The van der Waals surface area contributed by atoms with Crippen molar-refractivity contribution in [2.45, 2.75) is 88.9 Å². The molecule has 2 amide bonds. The normalized spacial score (nSPS) is 18.0. The number of pyridine rings is 1. The van der Waals surface area contributed by atoms with E-state index < -0.39 is 73.3 Å².